The lowest BCUT2D eigenvalue weighted by Gasteiger charge is -2.30. The van der Waals surface area contributed by atoms with Gasteiger partial charge < -0.3 is 10.2 Å². The Morgan fingerprint density at radius 1 is 1.03 bits per heavy atom. The van der Waals surface area contributed by atoms with Crippen molar-refractivity contribution in [3.8, 4) is 0 Å². The summed E-state index contributed by atoms with van der Waals surface area (Å²) in [6.07, 6.45) is 4.30. The lowest BCUT2D eigenvalue weighted by Crippen LogP contribution is -2.37. The van der Waals surface area contributed by atoms with E-state index >= 15 is 0 Å². The maximum Gasteiger partial charge on any atom is 0.282 e. The maximum atomic E-state index is 12.8. The number of piperidine rings is 1. The monoisotopic (exact) mass is 573 g/mol. The largest absolute Gasteiger partial charge is 0.345 e. The first-order valence-corrected chi connectivity index (χ1v) is 14.1. The molecule has 0 bridgehead atoms. The standard InChI is InChI=1S/C28H32ClN5O2S.ClH/c1-19-12-14-33(15-13-19)17-21-4-9-24(10-5-21)34-18-23(16-26(34)35)30-27(36)28-32-31-25(37-28)11-6-20-2-7-22(29)8-3-20;/h2-5,7-10,19,23H,6,11-18H2,1H3,(H,30,36);1H. The molecule has 7 nitrogen and oxygen atoms in total. The van der Waals surface area contributed by atoms with Crippen LogP contribution in [0.25, 0.3) is 0 Å². The normalized spacial score (nSPS) is 18.4. The molecule has 2 saturated heterocycles. The average molecular weight is 575 g/mol. The lowest BCUT2D eigenvalue weighted by molar-refractivity contribution is -0.117. The molecule has 1 unspecified atom stereocenters. The summed E-state index contributed by atoms with van der Waals surface area (Å²) >= 11 is 7.24. The minimum atomic E-state index is -0.277. The summed E-state index contributed by atoms with van der Waals surface area (Å²) < 4.78 is 0. The van der Waals surface area contributed by atoms with Crippen LogP contribution in [0, 0.1) is 5.92 Å². The Bertz CT molecular complexity index is 1230. The van der Waals surface area contributed by atoms with Crippen molar-refractivity contribution >= 4 is 52.8 Å². The molecule has 38 heavy (non-hydrogen) atoms. The predicted molar refractivity (Wildman–Crippen MR) is 154 cm³/mol. The zero-order valence-electron chi connectivity index (χ0n) is 21.4. The average Bonchev–Trinajstić information content (AvgIpc) is 3.52. The smallest absolute Gasteiger partial charge is 0.282 e. The Morgan fingerprint density at radius 3 is 2.42 bits per heavy atom. The van der Waals surface area contributed by atoms with E-state index in [0.717, 1.165) is 48.2 Å². The van der Waals surface area contributed by atoms with Gasteiger partial charge in [-0.1, -0.05) is 54.1 Å². The number of aromatic nitrogens is 2. The van der Waals surface area contributed by atoms with Gasteiger partial charge in [0.05, 0.1) is 6.04 Å². The van der Waals surface area contributed by atoms with E-state index in [4.69, 9.17) is 11.6 Å². The highest BCUT2D eigenvalue weighted by atomic mass is 35.5. The summed E-state index contributed by atoms with van der Waals surface area (Å²) in [7, 11) is 0. The number of likely N-dealkylation sites (tertiary alicyclic amines) is 1. The van der Waals surface area contributed by atoms with Crippen LogP contribution in [0.5, 0.6) is 0 Å². The fourth-order valence-electron chi connectivity index (χ4n) is 4.91. The van der Waals surface area contributed by atoms with Crippen LogP contribution in [0.4, 0.5) is 5.69 Å². The van der Waals surface area contributed by atoms with Crippen LogP contribution in [0.1, 0.15) is 52.1 Å². The van der Waals surface area contributed by atoms with Gasteiger partial charge >= 0.3 is 0 Å². The third-order valence-electron chi connectivity index (χ3n) is 7.19. The third-order valence-corrected chi connectivity index (χ3v) is 8.43. The highest BCUT2D eigenvalue weighted by Crippen LogP contribution is 2.24. The number of nitrogens with one attached hydrogen (secondary N) is 1. The molecule has 2 fully saturated rings. The second-order valence-corrected chi connectivity index (χ2v) is 11.6. The molecule has 10 heteroatoms. The fourth-order valence-corrected chi connectivity index (χ4v) is 5.78. The summed E-state index contributed by atoms with van der Waals surface area (Å²) in [5, 5.41) is 13.1. The summed E-state index contributed by atoms with van der Waals surface area (Å²) in [6, 6.07) is 15.7. The van der Waals surface area contributed by atoms with Crippen molar-refractivity contribution < 1.29 is 9.59 Å². The van der Waals surface area contributed by atoms with Crippen molar-refractivity contribution in [3.63, 3.8) is 0 Å². The molecular formula is C28H33Cl2N5O2S. The molecule has 1 aromatic heterocycles. The number of benzene rings is 2. The Morgan fingerprint density at radius 2 is 1.71 bits per heavy atom. The van der Waals surface area contributed by atoms with Crippen LogP contribution >= 0.6 is 35.3 Å². The zero-order valence-corrected chi connectivity index (χ0v) is 23.8. The Hall–Kier alpha value is -2.52. The van der Waals surface area contributed by atoms with Gasteiger partial charge in [-0.2, -0.15) is 0 Å². The molecule has 1 atom stereocenters. The molecule has 3 heterocycles. The summed E-state index contributed by atoms with van der Waals surface area (Å²) in [5.74, 6) is 0.562. The van der Waals surface area contributed by atoms with E-state index in [2.05, 4.69) is 39.5 Å². The van der Waals surface area contributed by atoms with E-state index in [1.54, 1.807) is 4.90 Å². The molecule has 0 saturated carbocycles. The van der Waals surface area contributed by atoms with Crippen LogP contribution in [0.15, 0.2) is 48.5 Å². The van der Waals surface area contributed by atoms with Crippen LogP contribution in [-0.2, 0) is 24.2 Å². The third kappa shape index (κ3) is 7.32. The van der Waals surface area contributed by atoms with Gasteiger partial charge in [0.15, 0.2) is 0 Å². The molecule has 0 radical (unpaired) electrons. The van der Waals surface area contributed by atoms with Crippen LogP contribution in [0.2, 0.25) is 5.02 Å². The van der Waals surface area contributed by atoms with Crippen LogP contribution in [-0.4, -0.2) is 52.6 Å². The number of carbonyl (C=O) groups is 2. The quantitative estimate of drug-likeness (QED) is 0.402. The van der Waals surface area contributed by atoms with E-state index in [1.165, 1.54) is 29.7 Å². The first kappa shape index (κ1) is 28.5. The number of anilines is 1. The number of nitrogens with zero attached hydrogens (tertiary/aromatic N) is 4. The fraction of sp³-hybridized carbons (Fsp3) is 0.429. The van der Waals surface area contributed by atoms with E-state index in [1.807, 2.05) is 36.4 Å². The summed E-state index contributed by atoms with van der Waals surface area (Å²) in [6.45, 7) is 6.02. The SMILES string of the molecule is CC1CCN(Cc2ccc(N3CC(NC(=O)c4nnc(CCc5ccc(Cl)cc5)s4)CC3=O)cc2)CC1.Cl. The number of aryl methyl sites for hydroxylation is 2. The van der Waals surface area contributed by atoms with Crippen molar-refractivity contribution in [2.45, 2.75) is 51.6 Å². The molecule has 0 spiro atoms. The lowest BCUT2D eigenvalue weighted by atomic mass is 9.99. The Balaban J connectivity index is 0.00000336. The molecule has 2 aromatic carbocycles. The summed E-state index contributed by atoms with van der Waals surface area (Å²) in [4.78, 5) is 29.7. The van der Waals surface area contributed by atoms with Crippen molar-refractivity contribution in [2.75, 3.05) is 24.5 Å². The highest BCUT2D eigenvalue weighted by molar-refractivity contribution is 7.13. The summed E-state index contributed by atoms with van der Waals surface area (Å²) in [5.41, 5.74) is 3.29. The molecule has 3 aromatic rings. The molecule has 202 valence electrons. The first-order valence-electron chi connectivity index (χ1n) is 12.9. The van der Waals surface area contributed by atoms with Crippen molar-refractivity contribution in [3.05, 3.63) is 74.7 Å². The minimum Gasteiger partial charge on any atom is -0.345 e. The Kier molecular flexibility index (Phi) is 9.76. The Labute approximate surface area is 239 Å². The minimum absolute atomic E-state index is 0. The maximum absolute atomic E-state index is 12.8. The van der Waals surface area contributed by atoms with Gasteiger partial charge in [-0.15, -0.1) is 22.6 Å². The number of amides is 2. The molecule has 2 amide bonds. The predicted octanol–water partition coefficient (Wildman–Crippen LogP) is 5.17. The van der Waals surface area contributed by atoms with Gasteiger partial charge in [0.2, 0.25) is 10.9 Å². The molecule has 1 N–H and O–H groups in total. The number of hydrogen-bond acceptors (Lipinski definition) is 6. The van der Waals surface area contributed by atoms with Gasteiger partial charge in [0, 0.05) is 36.6 Å². The van der Waals surface area contributed by atoms with Crippen LogP contribution < -0.4 is 10.2 Å². The van der Waals surface area contributed by atoms with Gasteiger partial charge in [-0.05, 0) is 73.7 Å². The molecular weight excluding hydrogens is 541 g/mol. The van der Waals surface area contributed by atoms with Crippen molar-refractivity contribution in [1.29, 1.82) is 0 Å². The molecule has 5 rings (SSSR count). The van der Waals surface area contributed by atoms with E-state index in [0.29, 0.717) is 23.0 Å². The van der Waals surface area contributed by atoms with Gasteiger partial charge in [0.25, 0.3) is 5.91 Å². The second-order valence-electron chi connectivity index (χ2n) is 10.1. The van der Waals surface area contributed by atoms with E-state index in [-0.39, 0.29) is 36.7 Å². The molecule has 0 aliphatic carbocycles. The topological polar surface area (TPSA) is 78.4 Å². The highest BCUT2D eigenvalue weighted by Gasteiger charge is 2.32. The van der Waals surface area contributed by atoms with Crippen molar-refractivity contribution in [2.24, 2.45) is 5.92 Å². The number of halogens is 2. The number of hydrogen-bond donors (Lipinski definition) is 1. The van der Waals surface area contributed by atoms with Crippen LogP contribution in [0.3, 0.4) is 0 Å². The molecule has 2 aliphatic heterocycles. The van der Waals surface area contributed by atoms with Gasteiger partial charge in [0.1, 0.15) is 5.01 Å². The van der Waals surface area contributed by atoms with Crippen molar-refractivity contribution in [1.82, 2.24) is 20.4 Å². The van der Waals surface area contributed by atoms with Gasteiger partial charge in [-0.3, -0.25) is 14.5 Å². The second kappa shape index (κ2) is 13.0. The number of rotatable bonds is 8. The number of carbonyl (C=O) groups excluding carboxylic acids is 2. The van der Waals surface area contributed by atoms with Gasteiger partial charge in [-0.25, -0.2) is 0 Å². The van der Waals surface area contributed by atoms with E-state index < -0.39 is 0 Å². The van der Waals surface area contributed by atoms with E-state index in [9.17, 15) is 9.59 Å². The molecule has 2 aliphatic rings. The first-order chi connectivity index (χ1) is 17.9. The zero-order chi connectivity index (χ0) is 25.8.